The average molecular weight is 433 g/mol. The smallest absolute Gasteiger partial charge is 0.227 e. The zero-order chi connectivity index (χ0) is 22.2. The normalized spacial score (nSPS) is 19.9. The van der Waals surface area contributed by atoms with E-state index in [1.807, 2.05) is 11.0 Å². The molecule has 0 saturated carbocycles. The molecule has 0 spiro atoms. The van der Waals surface area contributed by atoms with Crippen LogP contribution < -0.4 is 4.90 Å². The molecule has 1 aromatic heterocycles. The topological polar surface area (TPSA) is 50.6 Å². The van der Waals surface area contributed by atoms with E-state index in [2.05, 4.69) is 60.6 Å². The second-order valence-electron chi connectivity index (χ2n) is 9.22. The van der Waals surface area contributed by atoms with Gasteiger partial charge < -0.3 is 14.2 Å². The quantitative estimate of drug-likeness (QED) is 0.615. The molecule has 2 aliphatic rings. The van der Waals surface area contributed by atoms with Crippen molar-refractivity contribution in [1.29, 1.82) is 0 Å². The first kappa shape index (κ1) is 21.2. The minimum atomic E-state index is 0.0969. The molecule has 5 rings (SSSR count). The molecule has 0 radical (unpaired) electrons. The van der Waals surface area contributed by atoms with Crippen molar-refractivity contribution in [2.45, 2.75) is 39.7 Å². The van der Waals surface area contributed by atoms with E-state index < -0.39 is 0 Å². The molecule has 1 amide bonds. The van der Waals surface area contributed by atoms with E-state index in [0.29, 0.717) is 13.0 Å². The molecular weight excluding hydrogens is 400 g/mol. The first-order chi connectivity index (χ1) is 15.5. The molecule has 2 aliphatic heterocycles. The molecule has 168 valence electrons. The number of anilines is 1. The number of para-hydroxylation sites is 2. The van der Waals surface area contributed by atoms with Crippen LogP contribution in [0.2, 0.25) is 0 Å². The van der Waals surface area contributed by atoms with Gasteiger partial charge in [-0.05, 0) is 44.0 Å². The molecule has 6 heteroatoms. The number of aromatic nitrogens is 2. The van der Waals surface area contributed by atoms with Crippen molar-refractivity contribution >= 4 is 22.6 Å². The van der Waals surface area contributed by atoms with Crippen molar-refractivity contribution in [3.8, 4) is 0 Å². The summed E-state index contributed by atoms with van der Waals surface area (Å²) in [5, 5.41) is 0. The van der Waals surface area contributed by atoms with Crippen LogP contribution in [0.1, 0.15) is 34.9 Å². The van der Waals surface area contributed by atoms with Gasteiger partial charge in [0.15, 0.2) is 0 Å². The Bertz CT molecular complexity index is 1120. The van der Waals surface area contributed by atoms with Crippen LogP contribution in [0.3, 0.4) is 0 Å². The van der Waals surface area contributed by atoms with Crippen LogP contribution in [0.15, 0.2) is 36.4 Å². The van der Waals surface area contributed by atoms with Gasteiger partial charge in [0.25, 0.3) is 0 Å². The molecule has 0 unspecified atom stereocenters. The van der Waals surface area contributed by atoms with Gasteiger partial charge in [0, 0.05) is 50.7 Å². The number of nitrogens with zero attached hydrogens (tertiary/aromatic N) is 4. The van der Waals surface area contributed by atoms with Gasteiger partial charge in [-0.2, -0.15) is 0 Å². The van der Waals surface area contributed by atoms with E-state index in [9.17, 15) is 4.79 Å². The molecule has 0 aliphatic carbocycles. The number of fused-ring (bicyclic) bond motifs is 1. The molecule has 0 bridgehead atoms. The summed E-state index contributed by atoms with van der Waals surface area (Å²) in [5.74, 6) is 1.33. The van der Waals surface area contributed by atoms with Gasteiger partial charge in [0.1, 0.15) is 5.82 Å². The summed E-state index contributed by atoms with van der Waals surface area (Å²) in [6.45, 7) is 12.4. The molecule has 1 atom stereocenters. The number of aryl methyl sites for hydroxylation is 3. The van der Waals surface area contributed by atoms with Crippen molar-refractivity contribution in [1.82, 2.24) is 14.5 Å². The second kappa shape index (κ2) is 8.68. The van der Waals surface area contributed by atoms with Crippen LogP contribution in [-0.2, 0) is 16.1 Å². The maximum Gasteiger partial charge on any atom is 0.227 e. The Balaban J connectivity index is 1.45. The van der Waals surface area contributed by atoms with E-state index in [4.69, 9.17) is 9.72 Å². The fourth-order valence-corrected chi connectivity index (χ4v) is 5.40. The Kier molecular flexibility index (Phi) is 5.74. The fourth-order valence-electron chi connectivity index (χ4n) is 5.40. The van der Waals surface area contributed by atoms with Gasteiger partial charge in [0.05, 0.1) is 24.2 Å². The molecular formula is C26H32N4O2. The van der Waals surface area contributed by atoms with E-state index in [-0.39, 0.29) is 11.8 Å². The van der Waals surface area contributed by atoms with Gasteiger partial charge in [-0.25, -0.2) is 4.98 Å². The standard InChI is InChI=1S/C26H32N4O2/c1-18-14-19(2)25(20(3)15-18)30-17-21(16-24(30)31)26-27-22-6-4-5-7-23(22)29(26)9-8-28-10-12-32-13-11-28/h4-7,14-15,21H,8-13,16-17H2,1-3H3/t21-/m0/s1. The highest BCUT2D eigenvalue weighted by molar-refractivity contribution is 5.98. The minimum Gasteiger partial charge on any atom is -0.379 e. The summed E-state index contributed by atoms with van der Waals surface area (Å²) in [6, 6.07) is 12.7. The SMILES string of the molecule is Cc1cc(C)c(N2C[C@@H](c3nc4ccccc4n3CCN3CCOCC3)CC2=O)c(C)c1. The van der Waals surface area contributed by atoms with Crippen LogP contribution in [0, 0.1) is 20.8 Å². The van der Waals surface area contributed by atoms with E-state index in [1.165, 1.54) is 5.56 Å². The lowest BCUT2D eigenvalue weighted by atomic mass is 10.0. The molecule has 2 fully saturated rings. The Hall–Kier alpha value is -2.70. The summed E-state index contributed by atoms with van der Waals surface area (Å²) in [4.78, 5) is 22.6. The molecule has 3 aromatic rings. The summed E-state index contributed by atoms with van der Waals surface area (Å²) in [7, 11) is 0. The zero-order valence-corrected chi connectivity index (χ0v) is 19.3. The number of carbonyl (C=O) groups is 1. The predicted molar refractivity (Wildman–Crippen MR) is 127 cm³/mol. The highest BCUT2D eigenvalue weighted by Gasteiger charge is 2.36. The Morgan fingerprint density at radius 1 is 1.03 bits per heavy atom. The lowest BCUT2D eigenvalue weighted by Gasteiger charge is -2.27. The number of amides is 1. The van der Waals surface area contributed by atoms with E-state index in [1.54, 1.807) is 0 Å². The molecule has 3 heterocycles. The van der Waals surface area contributed by atoms with Crippen LogP contribution >= 0.6 is 0 Å². The van der Waals surface area contributed by atoms with Gasteiger partial charge in [-0.15, -0.1) is 0 Å². The highest BCUT2D eigenvalue weighted by Crippen LogP contribution is 2.36. The first-order valence-corrected chi connectivity index (χ1v) is 11.6. The lowest BCUT2D eigenvalue weighted by molar-refractivity contribution is -0.117. The first-order valence-electron chi connectivity index (χ1n) is 11.6. The monoisotopic (exact) mass is 432 g/mol. The zero-order valence-electron chi connectivity index (χ0n) is 19.3. The summed E-state index contributed by atoms with van der Waals surface area (Å²) in [6.07, 6.45) is 0.508. The number of imidazole rings is 1. The number of morpholine rings is 1. The van der Waals surface area contributed by atoms with Crippen LogP contribution in [-0.4, -0.2) is 59.8 Å². The fraction of sp³-hybridized carbons (Fsp3) is 0.462. The molecule has 0 N–H and O–H groups in total. The number of carbonyl (C=O) groups excluding carboxylic acids is 1. The molecule has 2 saturated heterocycles. The van der Waals surface area contributed by atoms with Crippen molar-refractivity contribution in [3.63, 3.8) is 0 Å². The van der Waals surface area contributed by atoms with Crippen molar-refractivity contribution in [2.75, 3.05) is 44.3 Å². The van der Waals surface area contributed by atoms with Gasteiger partial charge >= 0.3 is 0 Å². The Morgan fingerprint density at radius 2 is 1.75 bits per heavy atom. The second-order valence-corrected chi connectivity index (χ2v) is 9.22. The van der Waals surface area contributed by atoms with Crippen molar-refractivity contribution in [3.05, 3.63) is 58.9 Å². The number of benzene rings is 2. The third kappa shape index (κ3) is 3.93. The summed E-state index contributed by atoms with van der Waals surface area (Å²) in [5.41, 5.74) is 6.80. The van der Waals surface area contributed by atoms with Crippen LogP contribution in [0.4, 0.5) is 5.69 Å². The number of rotatable bonds is 5. The highest BCUT2D eigenvalue weighted by atomic mass is 16.5. The van der Waals surface area contributed by atoms with Crippen LogP contribution in [0.5, 0.6) is 0 Å². The van der Waals surface area contributed by atoms with E-state index in [0.717, 1.165) is 73.1 Å². The van der Waals surface area contributed by atoms with Crippen LogP contribution in [0.25, 0.3) is 11.0 Å². The van der Waals surface area contributed by atoms with Gasteiger partial charge in [-0.1, -0.05) is 29.8 Å². The van der Waals surface area contributed by atoms with E-state index >= 15 is 0 Å². The summed E-state index contributed by atoms with van der Waals surface area (Å²) < 4.78 is 7.85. The molecule has 6 nitrogen and oxygen atoms in total. The number of hydrogen-bond acceptors (Lipinski definition) is 4. The lowest BCUT2D eigenvalue weighted by Crippen LogP contribution is -2.38. The maximum absolute atomic E-state index is 13.1. The maximum atomic E-state index is 13.1. The summed E-state index contributed by atoms with van der Waals surface area (Å²) >= 11 is 0. The van der Waals surface area contributed by atoms with Gasteiger partial charge in [-0.3, -0.25) is 9.69 Å². The average Bonchev–Trinajstić information content (AvgIpc) is 3.33. The molecule has 2 aromatic carbocycles. The third-order valence-electron chi connectivity index (χ3n) is 6.82. The number of ether oxygens (including phenoxy) is 1. The Labute approximate surface area is 189 Å². The molecule has 32 heavy (non-hydrogen) atoms. The number of hydrogen-bond donors (Lipinski definition) is 0. The van der Waals surface area contributed by atoms with Crippen molar-refractivity contribution < 1.29 is 9.53 Å². The van der Waals surface area contributed by atoms with Crippen molar-refractivity contribution in [2.24, 2.45) is 0 Å². The largest absolute Gasteiger partial charge is 0.379 e. The third-order valence-corrected chi connectivity index (χ3v) is 6.82. The minimum absolute atomic E-state index is 0.0969. The predicted octanol–water partition coefficient (Wildman–Crippen LogP) is 3.81. The van der Waals surface area contributed by atoms with Gasteiger partial charge in [0.2, 0.25) is 5.91 Å². The Morgan fingerprint density at radius 3 is 2.50 bits per heavy atom.